The fourth-order valence-electron chi connectivity index (χ4n) is 2.60. The average molecular weight is 459 g/mol. The number of aryl methyl sites for hydroxylation is 2. The van der Waals surface area contributed by atoms with E-state index in [4.69, 9.17) is 21.7 Å². The van der Waals surface area contributed by atoms with E-state index in [0.717, 1.165) is 11.1 Å². The highest BCUT2D eigenvalue weighted by Crippen LogP contribution is 2.17. The monoisotopic (exact) mass is 458 g/mol. The summed E-state index contributed by atoms with van der Waals surface area (Å²) in [5.74, 6) is -0.0659. The lowest BCUT2D eigenvalue weighted by molar-refractivity contribution is -0.125. The summed E-state index contributed by atoms with van der Waals surface area (Å²) in [6.45, 7) is 3.61. The molecule has 2 aromatic carbocycles. The van der Waals surface area contributed by atoms with Gasteiger partial charge >= 0.3 is 0 Å². The molecule has 170 valence electrons. The minimum Gasteiger partial charge on any atom is -0.497 e. The number of hydrogen-bond donors (Lipinski definition) is 4. The van der Waals surface area contributed by atoms with Crippen LogP contribution in [0.4, 0.5) is 5.69 Å². The molecule has 32 heavy (non-hydrogen) atoms. The molecule has 0 spiro atoms. The van der Waals surface area contributed by atoms with E-state index in [2.05, 4.69) is 21.5 Å². The van der Waals surface area contributed by atoms with Gasteiger partial charge in [-0.25, -0.2) is 0 Å². The van der Waals surface area contributed by atoms with E-state index in [9.17, 15) is 14.4 Å². The van der Waals surface area contributed by atoms with E-state index >= 15 is 0 Å². The number of hydrazine groups is 1. The van der Waals surface area contributed by atoms with Crippen molar-refractivity contribution in [3.8, 4) is 11.5 Å². The molecule has 0 aliphatic heterocycles. The van der Waals surface area contributed by atoms with E-state index in [1.807, 2.05) is 32.0 Å². The zero-order valence-electron chi connectivity index (χ0n) is 18.1. The van der Waals surface area contributed by atoms with Gasteiger partial charge in [-0.1, -0.05) is 17.7 Å². The molecule has 0 aromatic heterocycles. The molecule has 3 amide bonds. The molecule has 0 atom stereocenters. The van der Waals surface area contributed by atoms with Crippen LogP contribution in [0.25, 0.3) is 0 Å². The third kappa shape index (κ3) is 8.60. The number of nitrogens with one attached hydrogen (secondary N) is 4. The minimum atomic E-state index is -0.500. The van der Waals surface area contributed by atoms with Crippen molar-refractivity contribution in [3.05, 3.63) is 53.6 Å². The fraction of sp³-hybridized carbons (Fsp3) is 0.273. The van der Waals surface area contributed by atoms with Crippen molar-refractivity contribution in [2.75, 3.05) is 19.0 Å². The van der Waals surface area contributed by atoms with Crippen LogP contribution in [0.2, 0.25) is 0 Å². The van der Waals surface area contributed by atoms with Crippen LogP contribution in [0.5, 0.6) is 11.5 Å². The van der Waals surface area contributed by atoms with Gasteiger partial charge < -0.3 is 14.8 Å². The Morgan fingerprint density at radius 3 is 2.19 bits per heavy atom. The maximum atomic E-state index is 12.0. The Labute approximate surface area is 191 Å². The van der Waals surface area contributed by atoms with Crippen LogP contribution in [-0.2, 0) is 14.4 Å². The summed E-state index contributed by atoms with van der Waals surface area (Å²) < 4.78 is 10.4. The number of methoxy groups -OCH3 is 1. The molecule has 0 saturated heterocycles. The molecule has 2 aromatic rings. The number of anilines is 1. The zero-order chi connectivity index (χ0) is 23.5. The Morgan fingerprint density at radius 2 is 1.53 bits per heavy atom. The second-order valence-corrected chi connectivity index (χ2v) is 7.29. The van der Waals surface area contributed by atoms with Gasteiger partial charge in [0, 0.05) is 18.5 Å². The number of thiocarbonyl (C=S) groups is 1. The van der Waals surface area contributed by atoms with Gasteiger partial charge in [-0.2, -0.15) is 0 Å². The molecule has 9 nitrogen and oxygen atoms in total. The molecule has 2 rings (SSSR count). The van der Waals surface area contributed by atoms with Crippen LogP contribution in [0, 0.1) is 13.8 Å². The van der Waals surface area contributed by atoms with E-state index < -0.39 is 11.8 Å². The summed E-state index contributed by atoms with van der Waals surface area (Å²) in [5, 5.41) is 5.05. The first-order chi connectivity index (χ1) is 15.3. The molecular formula is C22H26N4O5S. The first-order valence-corrected chi connectivity index (χ1v) is 10.2. The van der Waals surface area contributed by atoms with Gasteiger partial charge in [-0.3, -0.25) is 30.6 Å². The van der Waals surface area contributed by atoms with Crippen LogP contribution < -0.4 is 31.0 Å². The van der Waals surface area contributed by atoms with Gasteiger partial charge in [0.25, 0.3) is 5.91 Å². The molecular weight excluding hydrogens is 432 g/mol. The van der Waals surface area contributed by atoms with Crippen molar-refractivity contribution in [1.29, 1.82) is 0 Å². The summed E-state index contributed by atoms with van der Waals surface area (Å²) in [4.78, 5) is 35.8. The third-order valence-corrected chi connectivity index (χ3v) is 4.44. The van der Waals surface area contributed by atoms with Crippen LogP contribution in [0.3, 0.4) is 0 Å². The summed E-state index contributed by atoms with van der Waals surface area (Å²) >= 11 is 4.95. The molecule has 0 fully saturated rings. The summed E-state index contributed by atoms with van der Waals surface area (Å²) in [7, 11) is 1.55. The first-order valence-electron chi connectivity index (χ1n) is 9.79. The van der Waals surface area contributed by atoms with Gasteiger partial charge in [-0.15, -0.1) is 0 Å². The number of hydrogen-bond acceptors (Lipinski definition) is 6. The van der Waals surface area contributed by atoms with Crippen molar-refractivity contribution < 1.29 is 23.9 Å². The number of carbonyl (C=O) groups is 3. The molecule has 0 saturated carbocycles. The highest BCUT2D eigenvalue weighted by atomic mass is 32.1. The van der Waals surface area contributed by atoms with Crippen LogP contribution in [0.15, 0.2) is 42.5 Å². The molecule has 0 unspecified atom stereocenters. The van der Waals surface area contributed by atoms with Crippen molar-refractivity contribution in [1.82, 2.24) is 16.2 Å². The summed E-state index contributed by atoms with van der Waals surface area (Å²) in [5.41, 5.74) is 7.50. The Hall–Kier alpha value is -3.66. The van der Waals surface area contributed by atoms with Crippen molar-refractivity contribution in [3.63, 3.8) is 0 Å². The lowest BCUT2D eigenvalue weighted by Crippen LogP contribution is -2.49. The van der Waals surface area contributed by atoms with Gasteiger partial charge in [0.1, 0.15) is 11.5 Å². The van der Waals surface area contributed by atoms with E-state index in [1.54, 1.807) is 31.4 Å². The van der Waals surface area contributed by atoms with E-state index in [-0.39, 0.29) is 30.5 Å². The quantitative estimate of drug-likeness (QED) is 0.354. The Kier molecular flexibility index (Phi) is 9.43. The molecule has 10 heteroatoms. The highest BCUT2D eigenvalue weighted by Gasteiger charge is 2.10. The van der Waals surface area contributed by atoms with Crippen LogP contribution >= 0.6 is 12.2 Å². The Morgan fingerprint density at radius 1 is 0.875 bits per heavy atom. The number of rotatable bonds is 8. The van der Waals surface area contributed by atoms with Crippen molar-refractivity contribution >= 4 is 40.7 Å². The molecule has 0 aliphatic rings. The third-order valence-electron chi connectivity index (χ3n) is 4.23. The lowest BCUT2D eigenvalue weighted by Gasteiger charge is -2.12. The SMILES string of the molecule is COc1ccc(OCC(=O)NC(=S)NNC(=O)CCC(=O)Nc2ccc(C)cc2C)cc1. The first kappa shape index (κ1) is 24.6. The highest BCUT2D eigenvalue weighted by molar-refractivity contribution is 7.80. The maximum absolute atomic E-state index is 12.0. The molecule has 0 heterocycles. The zero-order valence-corrected chi connectivity index (χ0v) is 18.9. The molecule has 4 N–H and O–H groups in total. The summed E-state index contributed by atoms with van der Waals surface area (Å²) in [6.07, 6.45) is -0.0590. The second kappa shape index (κ2) is 12.3. The normalized spacial score (nSPS) is 9.97. The largest absolute Gasteiger partial charge is 0.497 e. The molecule has 0 bridgehead atoms. The van der Waals surface area contributed by atoms with E-state index in [1.165, 1.54) is 0 Å². The minimum absolute atomic E-state index is 0.00431. The second-order valence-electron chi connectivity index (χ2n) is 6.88. The predicted octanol–water partition coefficient (Wildman–Crippen LogP) is 2.13. The lowest BCUT2D eigenvalue weighted by atomic mass is 10.1. The Bertz CT molecular complexity index is 979. The molecule has 0 aliphatic carbocycles. The number of benzene rings is 2. The van der Waals surface area contributed by atoms with Crippen LogP contribution in [0.1, 0.15) is 24.0 Å². The standard InChI is InChI=1S/C22H26N4O5S/c1-14-4-9-18(15(2)12-14)23-19(27)10-11-20(28)25-26-22(32)24-21(29)13-31-17-7-5-16(30-3)6-8-17/h4-9,12H,10-11,13H2,1-3H3,(H,23,27)(H,25,28)(H2,24,26,29,32). The number of carbonyl (C=O) groups excluding carboxylic acids is 3. The van der Waals surface area contributed by atoms with Gasteiger partial charge in [0.2, 0.25) is 11.8 Å². The van der Waals surface area contributed by atoms with Gasteiger partial charge in [0.15, 0.2) is 11.7 Å². The number of ether oxygens (including phenoxy) is 2. The van der Waals surface area contributed by atoms with Crippen molar-refractivity contribution in [2.45, 2.75) is 26.7 Å². The maximum Gasteiger partial charge on any atom is 0.264 e. The van der Waals surface area contributed by atoms with Gasteiger partial charge in [0.05, 0.1) is 7.11 Å². The molecule has 0 radical (unpaired) electrons. The fourth-order valence-corrected chi connectivity index (χ4v) is 2.76. The topological polar surface area (TPSA) is 118 Å². The average Bonchev–Trinajstić information content (AvgIpc) is 2.77. The number of amides is 3. The van der Waals surface area contributed by atoms with E-state index in [0.29, 0.717) is 17.2 Å². The summed E-state index contributed by atoms with van der Waals surface area (Å²) in [6, 6.07) is 12.4. The van der Waals surface area contributed by atoms with Crippen LogP contribution in [-0.4, -0.2) is 36.6 Å². The predicted molar refractivity (Wildman–Crippen MR) is 124 cm³/mol. The Balaban J connectivity index is 1.63. The smallest absolute Gasteiger partial charge is 0.264 e. The van der Waals surface area contributed by atoms with Crippen molar-refractivity contribution in [2.24, 2.45) is 0 Å². The van der Waals surface area contributed by atoms with Gasteiger partial charge in [-0.05, 0) is 62.0 Å².